The Kier molecular flexibility index (Phi) is 4.52. The summed E-state index contributed by atoms with van der Waals surface area (Å²) < 4.78 is 27.2. The maximum Gasteiger partial charge on any atom is 0.224 e. The molecule has 124 valence electrons. The number of pyridine rings is 1. The number of H-pyrrole nitrogens is 1. The minimum absolute atomic E-state index is 0.0676. The second-order valence-electron chi connectivity index (χ2n) is 5.35. The van der Waals surface area contributed by atoms with Gasteiger partial charge in [0.15, 0.2) is 0 Å². The summed E-state index contributed by atoms with van der Waals surface area (Å²) in [6.07, 6.45) is 1.93. The number of nitrogens with one attached hydrogen (secondary N) is 2. The maximum absolute atomic E-state index is 13.6. The molecule has 2 heterocycles. The Bertz CT molecular complexity index is 859. The SMILES string of the molecule is O=C(Cc1c[nH]c2ncccc12)NCC(O)c1c(F)cccc1F. The average molecular weight is 331 g/mol. The lowest BCUT2D eigenvalue weighted by Crippen LogP contribution is -2.30. The van der Waals surface area contributed by atoms with Crippen LogP contribution in [0, 0.1) is 11.6 Å². The molecule has 0 saturated heterocycles. The van der Waals surface area contributed by atoms with E-state index in [1.165, 1.54) is 6.07 Å². The smallest absolute Gasteiger partial charge is 0.224 e. The minimum atomic E-state index is -1.46. The molecule has 0 aliphatic rings. The van der Waals surface area contributed by atoms with Gasteiger partial charge in [-0.25, -0.2) is 13.8 Å². The summed E-state index contributed by atoms with van der Waals surface area (Å²) in [6, 6.07) is 6.93. The second kappa shape index (κ2) is 6.76. The highest BCUT2D eigenvalue weighted by molar-refractivity contribution is 5.87. The van der Waals surface area contributed by atoms with E-state index in [0.29, 0.717) is 5.65 Å². The molecule has 0 spiro atoms. The molecule has 0 radical (unpaired) electrons. The maximum atomic E-state index is 13.6. The van der Waals surface area contributed by atoms with Crippen molar-refractivity contribution < 1.29 is 18.7 Å². The molecular formula is C17H15F2N3O2. The van der Waals surface area contributed by atoms with E-state index in [9.17, 15) is 18.7 Å². The first-order valence-corrected chi connectivity index (χ1v) is 7.36. The van der Waals surface area contributed by atoms with Crippen molar-refractivity contribution in [1.29, 1.82) is 0 Å². The Balaban J connectivity index is 1.63. The average Bonchev–Trinajstić information content (AvgIpc) is 2.96. The number of carbonyl (C=O) groups is 1. The summed E-state index contributed by atoms with van der Waals surface area (Å²) >= 11 is 0. The van der Waals surface area contributed by atoms with E-state index < -0.39 is 23.3 Å². The van der Waals surface area contributed by atoms with Gasteiger partial charge in [0.25, 0.3) is 0 Å². The van der Waals surface area contributed by atoms with Gasteiger partial charge in [0.2, 0.25) is 5.91 Å². The summed E-state index contributed by atoms with van der Waals surface area (Å²) in [4.78, 5) is 19.1. The molecule has 1 aromatic carbocycles. The van der Waals surface area contributed by atoms with Crippen molar-refractivity contribution in [3.8, 4) is 0 Å². The van der Waals surface area contributed by atoms with Crippen LogP contribution in [0.15, 0.2) is 42.7 Å². The molecule has 3 rings (SSSR count). The fraction of sp³-hybridized carbons (Fsp3) is 0.176. The van der Waals surface area contributed by atoms with E-state index >= 15 is 0 Å². The van der Waals surface area contributed by atoms with Gasteiger partial charge in [-0.2, -0.15) is 0 Å². The number of aromatic nitrogens is 2. The second-order valence-corrected chi connectivity index (χ2v) is 5.35. The van der Waals surface area contributed by atoms with Crippen LogP contribution >= 0.6 is 0 Å². The molecule has 3 N–H and O–H groups in total. The molecule has 0 fully saturated rings. The van der Waals surface area contributed by atoms with Gasteiger partial charge in [-0.15, -0.1) is 0 Å². The van der Waals surface area contributed by atoms with Gasteiger partial charge < -0.3 is 15.4 Å². The molecule has 2 aromatic heterocycles. The van der Waals surface area contributed by atoms with E-state index in [2.05, 4.69) is 15.3 Å². The lowest BCUT2D eigenvalue weighted by molar-refractivity contribution is -0.120. The molecule has 0 saturated carbocycles. The summed E-state index contributed by atoms with van der Waals surface area (Å²) in [5.74, 6) is -2.06. The van der Waals surface area contributed by atoms with Gasteiger partial charge in [-0.05, 0) is 29.8 Å². The van der Waals surface area contributed by atoms with E-state index in [1.54, 1.807) is 18.5 Å². The Morgan fingerprint density at radius 1 is 1.25 bits per heavy atom. The Hall–Kier alpha value is -2.80. The van der Waals surface area contributed by atoms with Crippen LogP contribution in [0.1, 0.15) is 17.2 Å². The largest absolute Gasteiger partial charge is 0.386 e. The Morgan fingerprint density at radius 2 is 2.00 bits per heavy atom. The third kappa shape index (κ3) is 3.26. The van der Waals surface area contributed by atoms with Gasteiger partial charge in [0.1, 0.15) is 23.4 Å². The quantitative estimate of drug-likeness (QED) is 0.671. The standard InChI is InChI=1S/C17H15F2N3O2/c18-12-4-1-5-13(19)16(12)14(23)9-21-15(24)7-10-8-22-17-11(10)3-2-6-20-17/h1-6,8,14,23H,7,9H2,(H,20,22)(H,21,24). The van der Waals surface area contributed by atoms with Crippen LogP contribution in [-0.4, -0.2) is 27.5 Å². The number of hydrogen-bond donors (Lipinski definition) is 3. The van der Waals surface area contributed by atoms with Crippen LogP contribution < -0.4 is 5.32 Å². The van der Waals surface area contributed by atoms with Crippen LogP contribution in [0.3, 0.4) is 0 Å². The summed E-state index contributed by atoms with van der Waals surface area (Å²) in [5, 5.41) is 13.2. The molecular weight excluding hydrogens is 316 g/mol. The predicted molar refractivity (Wildman–Crippen MR) is 84.1 cm³/mol. The number of fused-ring (bicyclic) bond motifs is 1. The van der Waals surface area contributed by atoms with Crippen LogP contribution in [0.2, 0.25) is 0 Å². The molecule has 0 aliphatic heterocycles. The molecule has 5 nitrogen and oxygen atoms in total. The third-order valence-corrected chi connectivity index (χ3v) is 3.71. The molecule has 1 unspecified atom stereocenters. The number of rotatable bonds is 5. The highest BCUT2D eigenvalue weighted by Crippen LogP contribution is 2.20. The summed E-state index contributed by atoms with van der Waals surface area (Å²) in [6.45, 7) is -0.280. The van der Waals surface area contributed by atoms with Gasteiger partial charge in [-0.1, -0.05) is 6.07 Å². The highest BCUT2D eigenvalue weighted by atomic mass is 19.1. The zero-order valence-corrected chi connectivity index (χ0v) is 12.6. The normalized spacial score (nSPS) is 12.3. The number of halogens is 2. The highest BCUT2D eigenvalue weighted by Gasteiger charge is 2.18. The molecule has 1 atom stereocenters. The topological polar surface area (TPSA) is 78.0 Å². The number of benzene rings is 1. The number of aromatic amines is 1. The van der Waals surface area contributed by atoms with Crippen LogP contribution in [0.4, 0.5) is 8.78 Å². The number of aliphatic hydroxyl groups is 1. The van der Waals surface area contributed by atoms with Crippen molar-refractivity contribution in [1.82, 2.24) is 15.3 Å². The molecule has 24 heavy (non-hydrogen) atoms. The van der Waals surface area contributed by atoms with Gasteiger partial charge in [0, 0.05) is 24.3 Å². The number of hydrogen-bond acceptors (Lipinski definition) is 3. The zero-order valence-electron chi connectivity index (χ0n) is 12.6. The molecule has 3 aromatic rings. The van der Waals surface area contributed by atoms with Gasteiger partial charge in [0.05, 0.1) is 12.0 Å². The van der Waals surface area contributed by atoms with E-state index in [4.69, 9.17) is 0 Å². The predicted octanol–water partition coefficient (Wildman–Crippen LogP) is 2.23. The first-order valence-electron chi connectivity index (χ1n) is 7.36. The molecule has 0 bridgehead atoms. The van der Waals surface area contributed by atoms with Crippen LogP contribution in [0.25, 0.3) is 11.0 Å². The van der Waals surface area contributed by atoms with E-state index in [1.807, 2.05) is 6.07 Å². The van der Waals surface area contributed by atoms with Crippen molar-refractivity contribution in [3.63, 3.8) is 0 Å². The van der Waals surface area contributed by atoms with Crippen LogP contribution in [-0.2, 0) is 11.2 Å². The molecule has 0 aliphatic carbocycles. The Morgan fingerprint density at radius 3 is 2.75 bits per heavy atom. The van der Waals surface area contributed by atoms with Crippen LogP contribution in [0.5, 0.6) is 0 Å². The minimum Gasteiger partial charge on any atom is -0.386 e. The van der Waals surface area contributed by atoms with E-state index in [0.717, 1.165) is 23.1 Å². The number of nitrogens with zero attached hydrogens (tertiary/aromatic N) is 1. The van der Waals surface area contributed by atoms with Gasteiger partial charge in [-0.3, -0.25) is 4.79 Å². The fourth-order valence-electron chi connectivity index (χ4n) is 2.54. The number of carbonyl (C=O) groups excluding carboxylic acids is 1. The Labute approximate surface area is 136 Å². The van der Waals surface area contributed by atoms with E-state index in [-0.39, 0.29) is 18.9 Å². The lowest BCUT2D eigenvalue weighted by Gasteiger charge is -2.13. The van der Waals surface area contributed by atoms with Crippen molar-refractivity contribution in [2.75, 3.05) is 6.54 Å². The fourth-order valence-corrected chi connectivity index (χ4v) is 2.54. The first-order chi connectivity index (χ1) is 11.6. The van der Waals surface area contributed by atoms with Gasteiger partial charge >= 0.3 is 0 Å². The lowest BCUT2D eigenvalue weighted by atomic mass is 10.1. The number of amides is 1. The van der Waals surface area contributed by atoms with Crippen molar-refractivity contribution >= 4 is 16.9 Å². The molecule has 7 heteroatoms. The van der Waals surface area contributed by atoms with Crippen molar-refractivity contribution in [2.24, 2.45) is 0 Å². The summed E-state index contributed by atoms with van der Waals surface area (Å²) in [7, 11) is 0. The van der Waals surface area contributed by atoms with Crippen molar-refractivity contribution in [3.05, 3.63) is 65.5 Å². The summed E-state index contributed by atoms with van der Waals surface area (Å²) in [5.41, 5.74) is 0.977. The molecule has 1 amide bonds. The first kappa shape index (κ1) is 16.1. The zero-order chi connectivity index (χ0) is 17.1. The third-order valence-electron chi connectivity index (χ3n) is 3.71. The number of aliphatic hydroxyl groups excluding tert-OH is 1. The monoisotopic (exact) mass is 331 g/mol. The van der Waals surface area contributed by atoms with Crippen molar-refractivity contribution in [2.45, 2.75) is 12.5 Å².